The minimum atomic E-state index is -0.239. The predicted molar refractivity (Wildman–Crippen MR) is 149 cm³/mol. The number of amides is 1. The van der Waals surface area contributed by atoms with E-state index in [-0.39, 0.29) is 12.0 Å². The molecule has 184 valence electrons. The first-order valence-corrected chi connectivity index (χ1v) is 13.0. The van der Waals surface area contributed by atoms with Crippen molar-refractivity contribution in [3.8, 4) is 23.5 Å². The van der Waals surface area contributed by atoms with Crippen LogP contribution in [0.5, 0.6) is 0 Å². The largest absolute Gasteiger partial charge is 0.448 e. The van der Waals surface area contributed by atoms with Gasteiger partial charge in [-0.25, -0.2) is 4.79 Å². The zero-order chi connectivity index (χ0) is 25.4. The molecule has 0 N–H and O–H groups in total. The highest BCUT2D eigenvalue weighted by atomic mass is 32.1. The van der Waals surface area contributed by atoms with Crippen LogP contribution < -0.4 is 4.90 Å². The van der Waals surface area contributed by atoms with Crippen molar-refractivity contribution >= 4 is 24.4 Å². The van der Waals surface area contributed by atoms with Gasteiger partial charge in [-0.1, -0.05) is 48.5 Å². The summed E-state index contributed by atoms with van der Waals surface area (Å²) in [5.41, 5.74) is 10.9. The van der Waals surface area contributed by atoms with Crippen molar-refractivity contribution in [1.29, 1.82) is 0 Å². The van der Waals surface area contributed by atoms with E-state index in [1.807, 2.05) is 4.90 Å². The lowest BCUT2D eigenvalue weighted by Crippen LogP contribution is -2.49. The van der Waals surface area contributed by atoms with Gasteiger partial charge >= 0.3 is 6.09 Å². The number of ether oxygens (including phenoxy) is 1. The van der Waals surface area contributed by atoms with Gasteiger partial charge in [0.25, 0.3) is 0 Å². The van der Waals surface area contributed by atoms with Crippen LogP contribution in [0.4, 0.5) is 10.5 Å². The fourth-order valence-electron chi connectivity index (χ4n) is 5.88. The normalized spacial score (nSPS) is 14.9. The lowest BCUT2D eigenvalue weighted by Gasteiger charge is -2.38. The molecule has 1 saturated heterocycles. The van der Waals surface area contributed by atoms with Gasteiger partial charge in [0, 0.05) is 49.1 Å². The van der Waals surface area contributed by atoms with Crippen LogP contribution >= 0.6 is 12.6 Å². The molecule has 0 atom stereocenters. The molecule has 0 radical (unpaired) electrons. The van der Waals surface area contributed by atoms with E-state index in [1.54, 1.807) is 0 Å². The number of benzene rings is 3. The minimum absolute atomic E-state index is 0.0730. The van der Waals surface area contributed by atoms with Gasteiger partial charge in [-0.05, 0) is 65.3 Å². The first-order valence-electron chi connectivity index (χ1n) is 12.5. The Morgan fingerprint density at radius 1 is 0.944 bits per heavy atom. The third kappa shape index (κ3) is 4.14. The van der Waals surface area contributed by atoms with Gasteiger partial charge < -0.3 is 14.5 Å². The second-order valence-electron chi connectivity index (χ2n) is 9.71. The van der Waals surface area contributed by atoms with Crippen molar-refractivity contribution < 1.29 is 9.53 Å². The van der Waals surface area contributed by atoms with E-state index in [0.717, 1.165) is 23.5 Å². The van der Waals surface area contributed by atoms with Crippen LogP contribution in [0.3, 0.4) is 0 Å². The maximum atomic E-state index is 13.0. The number of hydrogen-bond acceptors (Lipinski definition) is 4. The Balaban J connectivity index is 1.26. The molecule has 1 aliphatic carbocycles. The second kappa shape index (κ2) is 9.95. The van der Waals surface area contributed by atoms with E-state index in [1.165, 1.54) is 44.6 Å². The Morgan fingerprint density at radius 2 is 1.53 bits per heavy atom. The lowest BCUT2D eigenvalue weighted by molar-refractivity contribution is 0.0976. The van der Waals surface area contributed by atoms with E-state index >= 15 is 0 Å². The number of carbonyl (C=O) groups excluding carboxylic acids is 1. The number of carbonyl (C=O) groups is 1. The fourth-order valence-corrected chi connectivity index (χ4v) is 6.12. The van der Waals surface area contributed by atoms with Crippen LogP contribution in [0.25, 0.3) is 11.1 Å². The number of thiol groups is 1. The van der Waals surface area contributed by atoms with Crippen molar-refractivity contribution in [3.05, 3.63) is 81.9 Å². The zero-order valence-electron chi connectivity index (χ0n) is 21.2. The van der Waals surface area contributed by atoms with Crippen LogP contribution in [0, 0.1) is 33.1 Å². The van der Waals surface area contributed by atoms with Gasteiger partial charge in [0.15, 0.2) is 0 Å². The summed E-state index contributed by atoms with van der Waals surface area (Å²) in [4.78, 5) is 18.2. The molecular weight excluding hydrogens is 464 g/mol. The van der Waals surface area contributed by atoms with E-state index in [4.69, 9.17) is 23.8 Å². The highest BCUT2D eigenvalue weighted by Gasteiger charge is 2.31. The summed E-state index contributed by atoms with van der Waals surface area (Å²) in [5.74, 6) is 2.87. The molecule has 5 heteroatoms. The molecule has 0 bridgehead atoms. The van der Waals surface area contributed by atoms with E-state index in [2.05, 4.69) is 80.1 Å². The van der Waals surface area contributed by atoms with Crippen molar-refractivity contribution in [1.82, 2.24) is 4.90 Å². The zero-order valence-corrected chi connectivity index (χ0v) is 22.1. The lowest BCUT2D eigenvalue weighted by atomic mass is 9.94. The Hall–Kier alpha value is -3.36. The molecule has 5 rings (SSSR count). The molecule has 4 nitrogen and oxygen atoms in total. The standard InChI is InChI=1S/C31H32N2O2S/c1-5-10-23-20(2)29(22(4)30(36)21(23)3)32-15-17-33(18-16-32)31(34)35-19-28-26-13-8-6-11-24(26)25-12-7-9-14-27(25)28/h1,6-9,11-14,28,36H,10,15-19H2,2-4H3. The molecule has 2 aliphatic rings. The average molecular weight is 497 g/mol. The molecule has 0 aromatic heterocycles. The highest BCUT2D eigenvalue weighted by molar-refractivity contribution is 7.80. The molecular formula is C31H32N2O2S. The monoisotopic (exact) mass is 496 g/mol. The average Bonchev–Trinajstić information content (AvgIpc) is 3.23. The fraction of sp³-hybridized carbons (Fsp3) is 0.323. The summed E-state index contributed by atoms with van der Waals surface area (Å²) in [6.07, 6.45) is 6.00. The first-order chi connectivity index (χ1) is 17.4. The van der Waals surface area contributed by atoms with E-state index < -0.39 is 0 Å². The Bertz CT molecular complexity index is 1320. The van der Waals surface area contributed by atoms with Gasteiger partial charge in [-0.2, -0.15) is 0 Å². The van der Waals surface area contributed by atoms with Crippen LogP contribution in [0.1, 0.15) is 39.3 Å². The maximum absolute atomic E-state index is 13.0. The van der Waals surface area contributed by atoms with Crippen LogP contribution in [0.2, 0.25) is 0 Å². The Labute approximate surface area is 219 Å². The third-order valence-electron chi connectivity index (χ3n) is 7.80. The molecule has 36 heavy (non-hydrogen) atoms. The quantitative estimate of drug-likeness (QED) is 0.348. The second-order valence-corrected chi connectivity index (χ2v) is 10.2. The van der Waals surface area contributed by atoms with Gasteiger partial charge in [0.1, 0.15) is 6.61 Å². The van der Waals surface area contributed by atoms with Gasteiger partial charge in [-0.3, -0.25) is 0 Å². The minimum Gasteiger partial charge on any atom is -0.448 e. The summed E-state index contributed by atoms with van der Waals surface area (Å²) >= 11 is 4.79. The number of anilines is 1. The smallest absolute Gasteiger partial charge is 0.409 e. The summed E-state index contributed by atoms with van der Waals surface area (Å²) in [6, 6.07) is 16.8. The highest BCUT2D eigenvalue weighted by Crippen LogP contribution is 2.44. The van der Waals surface area contributed by atoms with Crippen LogP contribution in [-0.2, 0) is 11.2 Å². The predicted octanol–water partition coefficient (Wildman–Crippen LogP) is 6.15. The van der Waals surface area contributed by atoms with Crippen molar-refractivity contribution in [2.24, 2.45) is 0 Å². The molecule has 1 amide bonds. The molecule has 3 aromatic rings. The number of terminal acetylenes is 1. The summed E-state index contributed by atoms with van der Waals surface area (Å²) in [7, 11) is 0. The molecule has 1 heterocycles. The van der Waals surface area contributed by atoms with Crippen LogP contribution in [0.15, 0.2) is 53.4 Å². The van der Waals surface area contributed by atoms with E-state index in [0.29, 0.717) is 26.1 Å². The molecule has 3 aromatic carbocycles. The molecule has 0 unspecified atom stereocenters. The number of rotatable bonds is 4. The number of fused-ring (bicyclic) bond motifs is 3. The third-order valence-corrected chi connectivity index (χ3v) is 8.47. The number of hydrogen-bond donors (Lipinski definition) is 1. The summed E-state index contributed by atoms with van der Waals surface area (Å²) in [5, 5.41) is 0. The molecule has 1 fully saturated rings. The van der Waals surface area contributed by atoms with Gasteiger partial charge in [0.2, 0.25) is 0 Å². The summed E-state index contributed by atoms with van der Waals surface area (Å²) < 4.78 is 5.89. The van der Waals surface area contributed by atoms with Crippen molar-refractivity contribution in [2.75, 3.05) is 37.7 Å². The maximum Gasteiger partial charge on any atom is 0.409 e. The number of piperazine rings is 1. The summed E-state index contributed by atoms with van der Waals surface area (Å²) in [6.45, 7) is 9.44. The number of nitrogens with zero attached hydrogens (tertiary/aromatic N) is 2. The molecule has 1 aliphatic heterocycles. The Morgan fingerprint density at radius 3 is 2.11 bits per heavy atom. The first kappa shape index (κ1) is 24.3. The van der Waals surface area contributed by atoms with Gasteiger partial charge in [0.05, 0.1) is 0 Å². The van der Waals surface area contributed by atoms with Crippen molar-refractivity contribution in [3.63, 3.8) is 0 Å². The van der Waals surface area contributed by atoms with Crippen molar-refractivity contribution in [2.45, 2.75) is 38.0 Å². The molecule has 0 spiro atoms. The van der Waals surface area contributed by atoms with E-state index in [9.17, 15) is 4.79 Å². The van der Waals surface area contributed by atoms with Gasteiger partial charge in [-0.15, -0.1) is 25.0 Å². The molecule has 0 saturated carbocycles. The Kier molecular flexibility index (Phi) is 6.73. The topological polar surface area (TPSA) is 32.8 Å². The van der Waals surface area contributed by atoms with Crippen LogP contribution in [-0.4, -0.2) is 43.8 Å². The SMILES string of the molecule is C#CCc1c(C)c(S)c(C)c(N2CCN(C(=O)OCC3c4ccccc4-c4ccccc43)CC2)c1C.